The lowest BCUT2D eigenvalue weighted by Crippen LogP contribution is -2.39. The highest BCUT2D eigenvalue weighted by molar-refractivity contribution is 5.89. The molecule has 1 atom stereocenters. The first kappa shape index (κ1) is 18.9. The largest absolute Gasteiger partial charge is 0.478 e. The summed E-state index contributed by atoms with van der Waals surface area (Å²) in [4.78, 5) is 25.8. The third-order valence-corrected chi connectivity index (χ3v) is 5.68. The van der Waals surface area contributed by atoms with E-state index in [0.29, 0.717) is 17.9 Å². The van der Waals surface area contributed by atoms with Gasteiger partial charge in [-0.3, -0.25) is 4.79 Å². The van der Waals surface area contributed by atoms with Crippen LogP contribution in [0.1, 0.15) is 60.9 Å². The molecule has 2 saturated heterocycles. The van der Waals surface area contributed by atoms with E-state index in [2.05, 4.69) is 0 Å². The quantitative estimate of drug-likeness (QED) is 0.844. The van der Waals surface area contributed by atoms with E-state index in [1.54, 1.807) is 12.1 Å². The van der Waals surface area contributed by atoms with Crippen LogP contribution in [0, 0.1) is 5.92 Å². The van der Waals surface area contributed by atoms with Gasteiger partial charge >= 0.3 is 5.97 Å². The predicted octanol–water partition coefficient (Wildman–Crippen LogP) is 3.52. The Morgan fingerprint density at radius 3 is 2.58 bits per heavy atom. The highest BCUT2D eigenvalue weighted by Crippen LogP contribution is 2.25. The van der Waals surface area contributed by atoms with Gasteiger partial charge in [0.25, 0.3) is 0 Å². The van der Waals surface area contributed by atoms with Crippen LogP contribution in [-0.4, -0.2) is 47.7 Å². The molecule has 1 amide bonds. The minimum absolute atomic E-state index is 0.239. The van der Waals surface area contributed by atoms with Crippen molar-refractivity contribution in [2.75, 3.05) is 19.7 Å². The molecule has 2 fully saturated rings. The van der Waals surface area contributed by atoms with Crippen molar-refractivity contribution in [3.05, 3.63) is 35.4 Å². The van der Waals surface area contributed by atoms with E-state index in [1.807, 2.05) is 17.0 Å². The van der Waals surface area contributed by atoms with Crippen molar-refractivity contribution in [1.29, 1.82) is 0 Å². The minimum Gasteiger partial charge on any atom is -0.478 e. The summed E-state index contributed by atoms with van der Waals surface area (Å²) in [6.45, 7) is 2.40. The third kappa shape index (κ3) is 5.07. The van der Waals surface area contributed by atoms with Gasteiger partial charge in [0, 0.05) is 26.1 Å². The zero-order valence-corrected chi connectivity index (χ0v) is 15.4. The van der Waals surface area contributed by atoms with Gasteiger partial charge < -0.3 is 14.7 Å². The van der Waals surface area contributed by atoms with Crippen LogP contribution in [0.4, 0.5) is 0 Å². The summed E-state index contributed by atoms with van der Waals surface area (Å²) in [5, 5.41) is 9.31. The van der Waals surface area contributed by atoms with E-state index in [-0.39, 0.29) is 12.0 Å². The van der Waals surface area contributed by atoms with Gasteiger partial charge in [-0.2, -0.15) is 0 Å². The van der Waals surface area contributed by atoms with Gasteiger partial charge in [-0.15, -0.1) is 0 Å². The zero-order valence-electron chi connectivity index (χ0n) is 15.4. The number of piperidine rings is 1. The summed E-state index contributed by atoms with van der Waals surface area (Å²) in [5.74, 6) is -0.178. The molecule has 1 N–H and O–H groups in total. The standard InChI is InChI=1S/C21H29NO4/c23-20(9-8-18-6-3-4-14-26-18)22-12-10-16(11-13-22)15-17-5-1-2-7-19(17)21(24)25/h1-2,5,7,16,18H,3-4,6,8-15H2,(H,24,25). The molecule has 5 nitrogen and oxygen atoms in total. The Morgan fingerprint density at radius 2 is 1.88 bits per heavy atom. The normalized spacial score (nSPS) is 21.5. The van der Waals surface area contributed by atoms with E-state index in [9.17, 15) is 14.7 Å². The van der Waals surface area contributed by atoms with Gasteiger partial charge in [-0.1, -0.05) is 18.2 Å². The van der Waals surface area contributed by atoms with E-state index in [0.717, 1.165) is 63.8 Å². The van der Waals surface area contributed by atoms with Crippen LogP contribution in [0.25, 0.3) is 0 Å². The number of hydrogen-bond donors (Lipinski definition) is 1. The van der Waals surface area contributed by atoms with Crippen LogP contribution in [0.2, 0.25) is 0 Å². The summed E-state index contributed by atoms with van der Waals surface area (Å²) < 4.78 is 5.71. The summed E-state index contributed by atoms with van der Waals surface area (Å²) in [5.41, 5.74) is 1.30. The maximum Gasteiger partial charge on any atom is 0.335 e. The van der Waals surface area contributed by atoms with Crippen LogP contribution >= 0.6 is 0 Å². The molecule has 0 aliphatic carbocycles. The van der Waals surface area contributed by atoms with Crippen LogP contribution in [0.3, 0.4) is 0 Å². The number of carbonyl (C=O) groups excluding carboxylic acids is 1. The number of carbonyl (C=O) groups is 2. The number of carboxylic acid groups (broad SMARTS) is 1. The predicted molar refractivity (Wildman–Crippen MR) is 99.2 cm³/mol. The molecule has 5 heteroatoms. The fourth-order valence-corrected chi connectivity index (χ4v) is 4.08. The number of likely N-dealkylation sites (tertiary alicyclic amines) is 1. The molecule has 2 aliphatic rings. The van der Waals surface area contributed by atoms with E-state index in [4.69, 9.17) is 4.74 Å². The summed E-state index contributed by atoms with van der Waals surface area (Å²) >= 11 is 0. The smallest absolute Gasteiger partial charge is 0.335 e. The minimum atomic E-state index is -0.863. The van der Waals surface area contributed by atoms with Gasteiger partial charge in [0.1, 0.15) is 0 Å². The van der Waals surface area contributed by atoms with Gasteiger partial charge in [-0.25, -0.2) is 4.79 Å². The van der Waals surface area contributed by atoms with E-state index >= 15 is 0 Å². The number of rotatable bonds is 6. The Bertz CT molecular complexity index is 616. The SMILES string of the molecule is O=C(O)c1ccccc1CC1CCN(C(=O)CCC2CCCCO2)CC1. The lowest BCUT2D eigenvalue weighted by atomic mass is 9.88. The van der Waals surface area contributed by atoms with Crippen molar-refractivity contribution in [3.63, 3.8) is 0 Å². The number of aromatic carboxylic acids is 1. The number of hydrogen-bond acceptors (Lipinski definition) is 3. The molecular weight excluding hydrogens is 330 g/mol. The Hall–Kier alpha value is -1.88. The first-order chi connectivity index (χ1) is 12.6. The highest BCUT2D eigenvalue weighted by Gasteiger charge is 2.25. The maximum absolute atomic E-state index is 12.4. The molecule has 0 saturated carbocycles. The molecule has 0 aromatic heterocycles. The average Bonchev–Trinajstić information content (AvgIpc) is 2.68. The van der Waals surface area contributed by atoms with Gasteiger partial charge in [-0.05, 0) is 62.5 Å². The topological polar surface area (TPSA) is 66.8 Å². The molecule has 0 radical (unpaired) electrons. The molecule has 1 unspecified atom stereocenters. The number of amides is 1. The van der Waals surface area contributed by atoms with Gasteiger partial charge in [0.15, 0.2) is 0 Å². The van der Waals surface area contributed by atoms with Crippen molar-refractivity contribution >= 4 is 11.9 Å². The Morgan fingerprint density at radius 1 is 1.12 bits per heavy atom. The van der Waals surface area contributed by atoms with Crippen molar-refractivity contribution in [1.82, 2.24) is 4.90 Å². The third-order valence-electron chi connectivity index (χ3n) is 5.68. The molecule has 2 heterocycles. The fraction of sp³-hybridized carbons (Fsp3) is 0.619. The molecule has 2 aliphatic heterocycles. The number of carboxylic acids is 1. The first-order valence-corrected chi connectivity index (χ1v) is 9.84. The summed E-state index contributed by atoms with van der Waals surface area (Å²) in [6.07, 6.45) is 7.78. The molecule has 0 bridgehead atoms. The second-order valence-electron chi connectivity index (χ2n) is 7.52. The fourth-order valence-electron chi connectivity index (χ4n) is 4.08. The van der Waals surface area contributed by atoms with Crippen LogP contribution < -0.4 is 0 Å². The number of ether oxygens (including phenoxy) is 1. The molecule has 3 rings (SSSR count). The highest BCUT2D eigenvalue weighted by atomic mass is 16.5. The van der Waals surface area contributed by atoms with Crippen molar-refractivity contribution < 1.29 is 19.4 Å². The van der Waals surface area contributed by atoms with Gasteiger partial charge in [0.05, 0.1) is 11.7 Å². The van der Waals surface area contributed by atoms with E-state index < -0.39 is 5.97 Å². The summed E-state index contributed by atoms with van der Waals surface area (Å²) in [6, 6.07) is 7.24. The van der Waals surface area contributed by atoms with Crippen LogP contribution in [0.5, 0.6) is 0 Å². The molecule has 1 aromatic rings. The van der Waals surface area contributed by atoms with Crippen molar-refractivity contribution in [3.8, 4) is 0 Å². The molecule has 1 aromatic carbocycles. The lowest BCUT2D eigenvalue weighted by molar-refractivity contribution is -0.133. The van der Waals surface area contributed by atoms with E-state index in [1.165, 1.54) is 6.42 Å². The van der Waals surface area contributed by atoms with Gasteiger partial charge in [0.2, 0.25) is 5.91 Å². The molecule has 26 heavy (non-hydrogen) atoms. The Kier molecular flexibility index (Phi) is 6.67. The number of benzene rings is 1. The number of nitrogens with zero attached hydrogens (tertiary/aromatic N) is 1. The van der Waals surface area contributed by atoms with Crippen molar-refractivity contribution in [2.45, 2.75) is 57.5 Å². The second-order valence-corrected chi connectivity index (χ2v) is 7.52. The van der Waals surface area contributed by atoms with Crippen molar-refractivity contribution in [2.24, 2.45) is 5.92 Å². The molecular formula is C21H29NO4. The maximum atomic E-state index is 12.4. The second kappa shape index (κ2) is 9.17. The molecule has 0 spiro atoms. The average molecular weight is 359 g/mol. The summed E-state index contributed by atoms with van der Waals surface area (Å²) in [7, 11) is 0. The Labute approximate surface area is 155 Å². The monoisotopic (exact) mass is 359 g/mol. The molecule has 142 valence electrons. The van der Waals surface area contributed by atoms with Crippen LogP contribution in [0.15, 0.2) is 24.3 Å². The lowest BCUT2D eigenvalue weighted by Gasteiger charge is -2.33. The van der Waals surface area contributed by atoms with Crippen LogP contribution in [-0.2, 0) is 16.0 Å². The first-order valence-electron chi connectivity index (χ1n) is 9.84. The zero-order chi connectivity index (χ0) is 18.4. The Balaban J connectivity index is 1.44.